The number of ether oxygens (including phenoxy) is 1. The molecule has 0 bridgehead atoms. The van der Waals surface area contributed by atoms with Crippen molar-refractivity contribution in [3.63, 3.8) is 0 Å². The molecule has 2 saturated heterocycles. The SMILES string of the molecule is C=CC(=O)N1CC2CN(CCn3nc(-c4ccc(Oc5ccccc5)cc4)c4c(N)ncnc43)CC2C1. The van der Waals surface area contributed by atoms with E-state index in [4.69, 9.17) is 15.6 Å². The molecule has 9 nitrogen and oxygen atoms in total. The number of aromatic nitrogens is 4. The molecule has 2 aliphatic heterocycles. The Morgan fingerprint density at radius 1 is 0.973 bits per heavy atom. The van der Waals surface area contributed by atoms with Gasteiger partial charge in [0.25, 0.3) is 0 Å². The lowest BCUT2D eigenvalue weighted by Gasteiger charge is -2.20. The van der Waals surface area contributed by atoms with Crippen LogP contribution in [0.15, 0.2) is 73.6 Å². The number of hydrogen-bond acceptors (Lipinski definition) is 7. The Kier molecular flexibility index (Phi) is 6.05. The number of rotatable bonds is 7. The van der Waals surface area contributed by atoms with Gasteiger partial charge in [-0.25, -0.2) is 14.6 Å². The first-order valence-electron chi connectivity index (χ1n) is 12.5. The number of likely N-dealkylation sites (tertiary alicyclic amines) is 2. The van der Waals surface area contributed by atoms with Crippen LogP contribution in [-0.2, 0) is 11.3 Å². The van der Waals surface area contributed by atoms with Gasteiger partial charge in [0.15, 0.2) is 5.65 Å². The highest BCUT2D eigenvalue weighted by atomic mass is 16.5. The highest BCUT2D eigenvalue weighted by molar-refractivity contribution is 5.98. The summed E-state index contributed by atoms with van der Waals surface area (Å²) >= 11 is 0. The third-order valence-corrected chi connectivity index (χ3v) is 7.34. The monoisotopic (exact) mass is 495 g/mol. The summed E-state index contributed by atoms with van der Waals surface area (Å²) in [6, 6.07) is 17.5. The summed E-state index contributed by atoms with van der Waals surface area (Å²) in [5.41, 5.74) is 8.71. The first kappa shape index (κ1) is 23.2. The van der Waals surface area contributed by atoms with E-state index in [1.807, 2.05) is 64.2 Å². The Morgan fingerprint density at radius 3 is 2.38 bits per heavy atom. The van der Waals surface area contributed by atoms with E-state index in [0.717, 1.165) is 66.5 Å². The minimum Gasteiger partial charge on any atom is -0.457 e. The quantitative estimate of drug-likeness (QED) is 0.392. The second-order valence-electron chi connectivity index (χ2n) is 9.70. The number of nitrogens with zero attached hydrogens (tertiary/aromatic N) is 6. The maximum absolute atomic E-state index is 12.0. The number of nitrogen functional groups attached to an aromatic ring is 1. The predicted molar refractivity (Wildman–Crippen MR) is 142 cm³/mol. The topological polar surface area (TPSA) is 102 Å². The Hall–Kier alpha value is -4.24. The standard InChI is InChI=1S/C28H29N7O2/c1-2-24(36)34-16-20-14-33(15-21(20)17-34)12-13-35-28-25(27(29)30-18-31-28)26(32-35)19-8-10-23(11-9-19)37-22-6-4-3-5-7-22/h2-11,18,20-21H,1,12-17H2,(H2,29,30,31). The Balaban J connectivity index is 1.18. The van der Waals surface area contributed by atoms with Gasteiger partial charge in [0.05, 0.1) is 11.9 Å². The molecule has 4 heterocycles. The number of anilines is 1. The van der Waals surface area contributed by atoms with E-state index in [1.165, 1.54) is 12.4 Å². The largest absolute Gasteiger partial charge is 0.457 e. The van der Waals surface area contributed by atoms with Crippen molar-refractivity contribution < 1.29 is 9.53 Å². The molecular weight excluding hydrogens is 466 g/mol. The number of hydrogen-bond donors (Lipinski definition) is 1. The van der Waals surface area contributed by atoms with Gasteiger partial charge >= 0.3 is 0 Å². The van der Waals surface area contributed by atoms with E-state index in [1.54, 1.807) is 0 Å². The van der Waals surface area contributed by atoms with E-state index < -0.39 is 0 Å². The fraction of sp³-hybridized carbons (Fsp3) is 0.286. The summed E-state index contributed by atoms with van der Waals surface area (Å²) in [6.45, 7) is 8.76. The molecule has 0 spiro atoms. The zero-order valence-corrected chi connectivity index (χ0v) is 20.5. The van der Waals surface area contributed by atoms with Gasteiger partial charge < -0.3 is 20.3 Å². The molecule has 2 N–H and O–H groups in total. The maximum atomic E-state index is 12.0. The Labute approximate surface area is 215 Å². The van der Waals surface area contributed by atoms with Crippen molar-refractivity contribution >= 4 is 22.8 Å². The smallest absolute Gasteiger partial charge is 0.245 e. The van der Waals surface area contributed by atoms with Gasteiger partial charge in [0, 0.05) is 38.3 Å². The number of amides is 1. The van der Waals surface area contributed by atoms with Gasteiger partial charge in [-0.2, -0.15) is 5.10 Å². The molecule has 2 aromatic carbocycles. The van der Waals surface area contributed by atoms with E-state index in [-0.39, 0.29) is 5.91 Å². The van der Waals surface area contributed by atoms with Crippen LogP contribution in [-0.4, -0.2) is 68.2 Å². The van der Waals surface area contributed by atoms with Gasteiger partial charge in [-0.3, -0.25) is 4.79 Å². The molecule has 2 atom stereocenters. The summed E-state index contributed by atoms with van der Waals surface area (Å²) in [6.07, 6.45) is 2.90. The van der Waals surface area contributed by atoms with Crippen molar-refractivity contribution in [2.75, 3.05) is 38.5 Å². The van der Waals surface area contributed by atoms with E-state index in [9.17, 15) is 4.79 Å². The molecule has 9 heteroatoms. The van der Waals surface area contributed by atoms with Crippen LogP contribution in [0.25, 0.3) is 22.3 Å². The molecular formula is C28H29N7O2. The summed E-state index contributed by atoms with van der Waals surface area (Å²) in [7, 11) is 0. The van der Waals surface area contributed by atoms with Gasteiger partial charge in [-0.1, -0.05) is 24.8 Å². The number of fused-ring (bicyclic) bond motifs is 2. The van der Waals surface area contributed by atoms with Gasteiger partial charge in [0.1, 0.15) is 29.3 Å². The first-order valence-corrected chi connectivity index (χ1v) is 12.5. The zero-order valence-electron chi connectivity index (χ0n) is 20.5. The average Bonchev–Trinajstić information content (AvgIpc) is 3.60. The number of carbonyl (C=O) groups excluding carboxylic acids is 1. The Bertz CT molecular complexity index is 1420. The van der Waals surface area contributed by atoms with Crippen LogP contribution in [0.5, 0.6) is 11.5 Å². The highest BCUT2D eigenvalue weighted by Crippen LogP contribution is 2.33. The predicted octanol–water partition coefficient (Wildman–Crippen LogP) is 3.44. The van der Waals surface area contributed by atoms with Gasteiger partial charge in [0.2, 0.25) is 5.91 Å². The minimum atomic E-state index is 0.0356. The molecule has 4 aromatic rings. The zero-order chi connectivity index (χ0) is 25.4. The maximum Gasteiger partial charge on any atom is 0.245 e. The second kappa shape index (κ2) is 9.67. The van der Waals surface area contributed by atoms with Crippen LogP contribution in [0.3, 0.4) is 0 Å². The van der Waals surface area contributed by atoms with Crippen LogP contribution in [0, 0.1) is 11.8 Å². The number of para-hydroxylation sites is 1. The van der Waals surface area contributed by atoms with Crippen LogP contribution >= 0.6 is 0 Å². The number of benzene rings is 2. The molecule has 188 valence electrons. The van der Waals surface area contributed by atoms with E-state index >= 15 is 0 Å². The van der Waals surface area contributed by atoms with Crippen LogP contribution in [0.4, 0.5) is 5.82 Å². The third-order valence-electron chi connectivity index (χ3n) is 7.34. The van der Waals surface area contributed by atoms with E-state index in [2.05, 4.69) is 21.4 Å². The Morgan fingerprint density at radius 2 is 1.68 bits per heavy atom. The van der Waals surface area contributed by atoms with Crippen molar-refractivity contribution in [2.24, 2.45) is 11.8 Å². The first-order chi connectivity index (χ1) is 18.1. The molecule has 37 heavy (non-hydrogen) atoms. The molecule has 2 aromatic heterocycles. The van der Waals surface area contributed by atoms with Crippen molar-refractivity contribution in [3.05, 3.63) is 73.6 Å². The second-order valence-corrected chi connectivity index (χ2v) is 9.70. The van der Waals surface area contributed by atoms with Crippen molar-refractivity contribution in [2.45, 2.75) is 6.54 Å². The molecule has 2 aliphatic rings. The lowest BCUT2D eigenvalue weighted by atomic mass is 10.0. The normalized spacial score (nSPS) is 19.3. The molecule has 2 unspecified atom stereocenters. The third kappa shape index (κ3) is 4.53. The molecule has 0 saturated carbocycles. The van der Waals surface area contributed by atoms with Gasteiger partial charge in [-0.15, -0.1) is 0 Å². The highest BCUT2D eigenvalue weighted by Gasteiger charge is 2.40. The van der Waals surface area contributed by atoms with Crippen molar-refractivity contribution in [1.29, 1.82) is 0 Å². The molecule has 6 rings (SSSR count). The fourth-order valence-electron chi connectivity index (χ4n) is 5.51. The van der Waals surface area contributed by atoms with Crippen LogP contribution < -0.4 is 10.5 Å². The lowest BCUT2D eigenvalue weighted by molar-refractivity contribution is -0.125. The number of nitrogens with two attached hydrogens (primary N) is 1. The van der Waals surface area contributed by atoms with Crippen molar-refractivity contribution in [1.82, 2.24) is 29.5 Å². The summed E-state index contributed by atoms with van der Waals surface area (Å²) < 4.78 is 7.86. The minimum absolute atomic E-state index is 0.0356. The summed E-state index contributed by atoms with van der Waals surface area (Å²) in [4.78, 5) is 25.1. The molecule has 2 fully saturated rings. The van der Waals surface area contributed by atoms with E-state index in [0.29, 0.717) is 24.2 Å². The fourth-order valence-corrected chi connectivity index (χ4v) is 5.51. The average molecular weight is 496 g/mol. The lowest BCUT2D eigenvalue weighted by Crippen LogP contribution is -2.33. The molecule has 1 amide bonds. The van der Waals surface area contributed by atoms with Gasteiger partial charge in [-0.05, 0) is 54.3 Å². The van der Waals surface area contributed by atoms with Crippen LogP contribution in [0.2, 0.25) is 0 Å². The number of carbonyl (C=O) groups is 1. The van der Waals surface area contributed by atoms with Crippen LogP contribution in [0.1, 0.15) is 0 Å². The summed E-state index contributed by atoms with van der Waals surface area (Å²) in [5, 5.41) is 5.68. The summed E-state index contributed by atoms with van der Waals surface area (Å²) in [5.74, 6) is 3.02. The molecule has 0 aliphatic carbocycles. The van der Waals surface area contributed by atoms with Crippen molar-refractivity contribution in [3.8, 4) is 22.8 Å². The molecule has 0 radical (unpaired) electrons.